The van der Waals surface area contributed by atoms with Crippen LogP contribution in [-0.2, 0) is 6.42 Å². The normalized spacial score (nSPS) is 17.0. The van der Waals surface area contributed by atoms with Crippen molar-refractivity contribution in [3.63, 3.8) is 0 Å². The molecule has 3 rings (SSSR count). The second-order valence-corrected chi connectivity index (χ2v) is 5.72. The third-order valence-electron chi connectivity index (χ3n) is 4.24. The fraction of sp³-hybridized carbons (Fsp3) is 0.471. The Kier molecular flexibility index (Phi) is 4.25. The first-order chi connectivity index (χ1) is 10.3. The highest BCUT2D eigenvalue weighted by atomic mass is 16.5. The van der Waals surface area contributed by atoms with Crippen molar-refractivity contribution in [3.8, 4) is 5.75 Å². The summed E-state index contributed by atoms with van der Waals surface area (Å²) in [5.74, 6) is 0.767. The van der Waals surface area contributed by atoms with Crippen molar-refractivity contribution < 1.29 is 9.84 Å². The lowest BCUT2D eigenvalue weighted by molar-refractivity contribution is 0.176. The third kappa shape index (κ3) is 3.27. The topological polar surface area (TPSA) is 47.3 Å². The summed E-state index contributed by atoms with van der Waals surface area (Å²) in [6, 6.07) is 10.1. The fourth-order valence-corrected chi connectivity index (χ4v) is 3.02. The Morgan fingerprint density at radius 3 is 2.90 bits per heavy atom. The van der Waals surface area contributed by atoms with E-state index in [4.69, 9.17) is 4.74 Å². The number of aromatic nitrogens is 2. The number of rotatable bonds is 5. The number of benzene rings is 1. The van der Waals surface area contributed by atoms with Crippen molar-refractivity contribution >= 4 is 0 Å². The SMILES string of the molecule is COc1cccc(C(O)Cc2ccn(C3CCCC3)n2)c1. The first kappa shape index (κ1) is 14.1. The maximum absolute atomic E-state index is 10.4. The molecule has 1 aromatic heterocycles. The van der Waals surface area contributed by atoms with Crippen LogP contribution in [0, 0.1) is 0 Å². The van der Waals surface area contributed by atoms with E-state index in [1.807, 2.05) is 36.5 Å². The lowest BCUT2D eigenvalue weighted by Gasteiger charge is -2.11. The Morgan fingerprint density at radius 1 is 1.33 bits per heavy atom. The second kappa shape index (κ2) is 6.31. The van der Waals surface area contributed by atoms with Crippen LogP contribution in [0.15, 0.2) is 36.5 Å². The molecule has 0 aliphatic heterocycles. The van der Waals surface area contributed by atoms with E-state index >= 15 is 0 Å². The Balaban J connectivity index is 1.67. The summed E-state index contributed by atoms with van der Waals surface area (Å²) in [6.45, 7) is 0. The van der Waals surface area contributed by atoms with Crippen LogP contribution >= 0.6 is 0 Å². The van der Waals surface area contributed by atoms with Crippen molar-refractivity contribution in [1.82, 2.24) is 9.78 Å². The molecule has 1 aliphatic carbocycles. The molecule has 0 amide bonds. The average molecular weight is 286 g/mol. The van der Waals surface area contributed by atoms with Crippen molar-refractivity contribution in [2.45, 2.75) is 44.2 Å². The van der Waals surface area contributed by atoms with Crippen molar-refractivity contribution in [2.24, 2.45) is 0 Å². The molecule has 1 aliphatic rings. The number of nitrogens with zero attached hydrogens (tertiary/aromatic N) is 2. The maximum Gasteiger partial charge on any atom is 0.119 e. The van der Waals surface area contributed by atoms with Crippen LogP contribution in [0.2, 0.25) is 0 Å². The Hall–Kier alpha value is -1.81. The van der Waals surface area contributed by atoms with E-state index in [0.29, 0.717) is 12.5 Å². The molecule has 1 heterocycles. The highest BCUT2D eigenvalue weighted by Crippen LogP contribution is 2.29. The molecule has 0 spiro atoms. The fourth-order valence-electron chi connectivity index (χ4n) is 3.02. The van der Waals surface area contributed by atoms with Gasteiger partial charge < -0.3 is 9.84 Å². The molecule has 21 heavy (non-hydrogen) atoms. The van der Waals surface area contributed by atoms with Gasteiger partial charge in [-0.05, 0) is 36.6 Å². The van der Waals surface area contributed by atoms with Gasteiger partial charge in [0.25, 0.3) is 0 Å². The van der Waals surface area contributed by atoms with Gasteiger partial charge in [-0.15, -0.1) is 0 Å². The zero-order chi connectivity index (χ0) is 14.7. The molecule has 4 nitrogen and oxygen atoms in total. The minimum Gasteiger partial charge on any atom is -0.497 e. The predicted octanol–water partition coefficient (Wildman–Crippen LogP) is 3.28. The number of hydrogen-bond donors (Lipinski definition) is 1. The lowest BCUT2D eigenvalue weighted by Crippen LogP contribution is -2.07. The maximum atomic E-state index is 10.4. The number of aliphatic hydroxyl groups is 1. The summed E-state index contributed by atoms with van der Waals surface area (Å²) in [5.41, 5.74) is 1.81. The quantitative estimate of drug-likeness (QED) is 0.917. The van der Waals surface area contributed by atoms with Gasteiger partial charge in [0.05, 0.1) is 24.9 Å². The number of hydrogen-bond acceptors (Lipinski definition) is 3. The van der Waals surface area contributed by atoms with Crippen LogP contribution in [-0.4, -0.2) is 22.0 Å². The smallest absolute Gasteiger partial charge is 0.119 e. The number of aliphatic hydroxyl groups excluding tert-OH is 1. The van der Waals surface area contributed by atoms with E-state index in [0.717, 1.165) is 17.0 Å². The zero-order valence-corrected chi connectivity index (χ0v) is 12.4. The molecule has 1 N–H and O–H groups in total. The zero-order valence-electron chi connectivity index (χ0n) is 12.4. The Labute approximate surface area is 125 Å². The average Bonchev–Trinajstić information content (AvgIpc) is 3.18. The molecule has 2 aromatic rings. The lowest BCUT2D eigenvalue weighted by atomic mass is 10.0. The largest absolute Gasteiger partial charge is 0.497 e. The van der Waals surface area contributed by atoms with Gasteiger partial charge in [-0.1, -0.05) is 25.0 Å². The minimum atomic E-state index is -0.549. The van der Waals surface area contributed by atoms with E-state index in [2.05, 4.69) is 9.78 Å². The van der Waals surface area contributed by atoms with Crippen LogP contribution in [0.1, 0.15) is 49.1 Å². The van der Waals surface area contributed by atoms with Crippen LogP contribution in [0.25, 0.3) is 0 Å². The molecule has 112 valence electrons. The van der Waals surface area contributed by atoms with Gasteiger partial charge in [-0.25, -0.2) is 0 Å². The Bertz CT molecular complexity index is 588. The summed E-state index contributed by atoms with van der Waals surface area (Å²) >= 11 is 0. The predicted molar refractivity (Wildman–Crippen MR) is 81.4 cm³/mol. The highest BCUT2D eigenvalue weighted by molar-refractivity contribution is 5.30. The van der Waals surface area contributed by atoms with E-state index in [1.165, 1.54) is 25.7 Å². The van der Waals surface area contributed by atoms with Crippen molar-refractivity contribution in [1.29, 1.82) is 0 Å². The highest BCUT2D eigenvalue weighted by Gasteiger charge is 2.18. The molecule has 4 heteroatoms. The van der Waals surface area contributed by atoms with Gasteiger partial charge in [-0.2, -0.15) is 5.10 Å². The summed E-state index contributed by atoms with van der Waals surface area (Å²) in [7, 11) is 1.63. The molecular weight excluding hydrogens is 264 g/mol. The second-order valence-electron chi connectivity index (χ2n) is 5.72. The minimum absolute atomic E-state index is 0.535. The van der Waals surface area contributed by atoms with E-state index in [1.54, 1.807) is 7.11 Å². The monoisotopic (exact) mass is 286 g/mol. The van der Waals surface area contributed by atoms with E-state index in [-0.39, 0.29) is 0 Å². The van der Waals surface area contributed by atoms with Gasteiger partial charge >= 0.3 is 0 Å². The first-order valence-electron chi connectivity index (χ1n) is 7.62. The Morgan fingerprint density at radius 2 is 2.14 bits per heavy atom. The molecule has 0 saturated heterocycles. The molecular formula is C17H22N2O2. The van der Waals surface area contributed by atoms with Crippen LogP contribution in [0.4, 0.5) is 0 Å². The van der Waals surface area contributed by atoms with E-state index in [9.17, 15) is 5.11 Å². The summed E-state index contributed by atoms with van der Waals surface area (Å²) in [4.78, 5) is 0. The summed E-state index contributed by atoms with van der Waals surface area (Å²) in [5, 5.41) is 15.0. The molecule has 1 fully saturated rings. The number of ether oxygens (including phenoxy) is 1. The van der Waals surface area contributed by atoms with E-state index < -0.39 is 6.10 Å². The molecule has 1 unspecified atom stereocenters. The molecule has 0 bridgehead atoms. The van der Waals surface area contributed by atoms with Crippen LogP contribution in [0.3, 0.4) is 0 Å². The standard InChI is InChI=1S/C17H22N2O2/c1-21-16-8-4-5-13(11-16)17(20)12-14-9-10-19(18-14)15-6-2-3-7-15/h4-5,8-11,15,17,20H,2-3,6-7,12H2,1H3. The first-order valence-corrected chi connectivity index (χ1v) is 7.62. The van der Waals surface area contributed by atoms with Crippen molar-refractivity contribution in [2.75, 3.05) is 7.11 Å². The summed E-state index contributed by atoms with van der Waals surface area (Å²) in [6.07, 6.45) is 7.07. The van der Waals surface area contributed by atoms with Gasteiger partial charge in [0.1, 0.15) is 5.75 Å². The van der Waals surface area contributed by atoms with Gasteiger partial charge in [0.2, 0.25) is 0 Å². The summed E-state index contributed by atoms with van der Waals surface area (Å²) < 4.78 is 7.27. The van der Waals surface area contributed by atoms with Crippen molar-refractivity contribution in [3.05, 3.63) is 47.8 Å². The van der Waals surface area contributed by atoms with Gasteiger partial charge in [0.15, 0.2) is 0 Å². The van der Waals surface area contributed by atoms with Gasteiger partial charge in [0, 0.05) is 12.6 Å². The molecule has 1 aromatic carbocycles. The number of methoxy groups -OCH3 is 1. The molecule has 0 radical (unpaired) electrons. The van der Waals surface area contributed by atoms with Crippen LogP contribution in [0.5, 0.6) is 5.75 Å². The molecule has 1 saturated carbocycles. The van der Waals surface area contributed by atoms with Crippen LogP contribution < -0.4 is 4.74 Å². The molecule has 1 atom stereocenters. The van der Waals surface area contributed by atoms with Gasteiger partial charge in [-0.3, -0.25) is 4.68 Å². The third-order valence-corrected chi connectivity index (χ3v) is 4.24.